The molecule has 0 spiro atoms. The average Bonchev–Trinajstić information content (AvgIpc) is 2.49. The highest BCUT2D eigenvalue weighted by atomic mass is 16.5. The second-order valence-corrected chi connectivity index (χ2v) is 4.95. The Bertz CT molecular complexity index is 473. The van der Waals surface area contributed by atoms with Crippen LogP contribution in [-0.4, -0.2) is 30.1 Å². The van der Waals surface area contributed by atoms with E-state index in [2.05, 4.69) is 12.2 Å². The van der Waals surface area contributed by atoms with Crippen molar-refractivity contribution in [1.82, 2.24) is 5.32 Å². The number of benzene rings is 1. The van der Waals surface area contributed by atoms with Gasteiger partial charge < -0.3 is 15.2 Å². The third-order valence-corrected chi connectivity index (χ3v) is 3.25. The topological polar surface area (TPSA) is 75.6 Å². The van der Waals surface area contributed by atoms with Gasteiger partial charge in [0.15, 0.2) is 0 Å². The van der Waals surface area contributed by atoms with E-state index in [-0.39, 0.29) is 5.75 Å². The molecule has 1 atom stereocenters. The Hall–Kier alpha value is -2.04. The molecule has 0 fully saturated rings. The maximum absolute atomic E-state index is 12.1. The minimum Gasteiger partial charge on any atom is -0.508 e. The fraction of sp³-hybridized carbons (Fsp3) is 0.500. The van der Waals surface area contributed by atoms with E-state index in [1.54, 1.807) is 12.1 Å². The van der Waals surface area contributed by atoms with Crippen LogP contribution in [0.2, 0.25) is 0 Å². The standard InChI is InChI=1S/C16H23NO4/c1-3-4-5-6-10-14(16(20)21-2)17-15(19)12-8-7-9-13(18)11-12/h7-9,11,14,18H,3-6,10H2,1-2H3,(H,17,19)/t14-/m1/s1. The molecule has 0 radical (unpaired) electrons. The van der Waals surface area contributed by atoms with Gasteiger partial charge in [-0.25, -0.2) is 4.79 Å². The van der Waals surface area contributed by atoms with Gasteiger partial charge in [0.2, 0.25) is 0 Å². The van der Waals surface area contributed by atoms with Crippen LogP contribution in [0.3, 0.4) is 0 Å². The second-order valence-electron chi connectivity index (χ2n) is 4.95. The number of phenols is 1. The summed E-state index contributed by atoms with van der Waals surface area (Å²) >= 11 is 0. The number of carbonyl (C=O) groups excluding carboxylic acids is 2. The number of hydrogen-bond acceptors (Lipinski definition) is 4. The van der Waals surface area contributed by atoms with Crippen molar-refractivity contribution in [2.75, 3.05) is 7.11 Å². The van der Waals surface area contributed by atoms with Crippen molar-refractivity contribution in [2.45, 2.75) is 45.1 Å². The Morgan fingerprint density at radius 1 is 1.29 bits per heavy atom. The van der Waals surface area contributed by atoms with Crippen molar-refractivity contribution in [3.63, 3.8) is 0 Å². The molecular weight excluding hydrogens is 270 g/mol. The van der Waals surface area contributed by atoms with E-state index in [0.717, 1.165) is 25.7 Å². The molecule has 1 aromatic carbocycles. The van der Waals surface area contributed by atoms with E-state index in [1.165, 1.54) is 19.2 Å². The van der Waals surface area contributed by atoms with Gasteiger partial charge >= 0.3 is 5.97 Å². The number of unbranched alkanes of at least 4 members (excludes halogenated alkanes) is 3. The molecule has 1 amide bonds. The number of nitrogens with one attached hydrogen (secondary N) is 1. The van der Waals surface area contributed by atoms with Crippen molar-refractivity contribution < 1.29 is 19.4 Å². The van der Waals surface area contributed by atoms with Gasteiger partial charge in [0.25, 0.3) is 5.91 Å². The molecule has 0 aliphatic rings. The molecule has 0 aliphatic carbocycles. The molecule has 21 heavy (non-hydrogen) atoms. The van der Waals surface area contributed by atoms with Gasteiger partial charge in [0.05, 0.1) is 7.11 Å². The van der Waals surface area contributed by atoms with Crippen molar-refractivity contribution in [1.29, 1.82) is 0 Å². The maximum Gasteiger partial charge on any atom is 0.328 e. The molecule has 0 saturated heterocycles. The third-order valence-electron chi connectivity index (χ3n) is 3.25. The van der Waals surface area contributed by atoms with Crippen LogP contribution in [0.5, 0.6) is 5.75 Å². The van der Waals surface area contributed by atoms with Crippen molar-refractivity contribution in [3.8, 4) is 5.75 Å². The van der Waals surface area contributed by atoms with E-state index >= 15 is 0 Å². The fourth-order valence-electron chi connectivity index (χ4n) is 2.06. The molecule has 0 unspecified atom stereocenters. The zero-order valence-corrected chi connectivity index (χ0v) is 12.6. The Morgan fingerprint density at radius 2 is 2.05 bits per heavy atom. The SMILES string of the molecule is CCCCCC[C@@H](NC(=O)c1cccc(O)c1)C(=O)OC. The number of carbonyl (C=O) groups is 2. The van der Waals surface area contributed by atoms with Crippen molar-refractivity contribution in [2.24, 2.45) is 0 Å². The van der Waals surface area contributed by atoms with Crippen LogP contribution in [0.4, 0.5) is 0 Å². The predicted molar refractivity (Wildman–Crippen MR) is 80.1 cm³/mol. The van der Waals surface area contributed by atoms with Gasteiger partial charge in [-0.15, -0.1) is 0 Å². The summed E-state index contributed by atoms with van der Waals surface area (Å²) in [6, 6.07) is 5.36. The van der Waals surface area contributed by atoms with E-state index < -0.39 is 17.9 Å². The first-order chi connectivity index (χ1) is 10.1. The lowest BCUT2D eigenvalue weighted by Gasteiger charge is -2.16. The molecule has 5 nitrogen and oxygen atoms in total. The molecule has 116 valence electrons. The summed E-state index contributed by atoms with van der Waals surface area (Å²) in [4.78, 5) is 23.8. The molecule has 0 aromatic heterocycles. The quantitative estimate of drug-likeness (QED) is 0.570. The molecular formula is C16H23NO4. The number of methoxy groups -OCH3 is 1. The Kier molecular flexibility index (Phi) is 7.29. The average molecular weight is 293 g/mol. The zero-order valence-electron chi connectivity index (χ0n) is 12.6. The van der Waals surface area contributed by atoms with Crippen molar-refractivity contribution in [3.05, 3.63) is 29.8 Å². The smallest absolute Gasteiger partial charge is 0.328 e. The van der Waals surface area contributed by atoms with Crippen LogP contribution >= 0.6 is 0 Å². The van der Waals surface area contributed by atoms with Crippen LogP contribution in [-0.2, 0) is 9.53 Å². The highest BCUT2D eigenvalue weighted by molar-refractivity contribution is 5.97. The lowest BCUT2D eigenvalue weighted by molar-refractivity contribution is -0.143. The largest absolute Gasteiger partial charge is 0.508 e. The highest BCUT2D eigenvalue weighted by Gasteiger charge is 2.21. The van der Waals surface area contributed by atoms with Gasteiger partial charge in [-0.1, -0.05) is 38.7 Å². The van der Waals surface area contributed by atoms with Crippen molar-refractivity contribution >= 4 is 11.9 Å². The molecule has 1 rings (SSSR count). The van der Waals surface area contributed by atoms with Crippen LogP contribution in [0.25, 0.3) is 0 Å². The Morgan fingerprint density at radius 3 is 2.67 bits per heavy atom. The second kappa shape index (κ2) is 9.00. The normalized spacial score (nSPS) is 11.7. The minimum absolute atomic E-state index is 0.0141. The number of ether oxygens (including phenoxy) is 1. The van der Waals surface area contributed by atoms with Crippen LogP contribution in [0.15, 0.2) is 24.3 Å². The third kappa shape index (κ3) is 5.85. The number of aromatic hydroxyl groups is 1. The fourth-order valence-corrected chi connectivity index (χ4v) is 2.06. The lowest BCUT2D eigenvalue weighted by Crippen LogP contribution is -2.41. The summed E-state index contributed by atoms with van der Waals surface area (Å²) in [5, 5.41) is 12.0. The molecule has 2 N–H and O–H groups in total. The monoisotopic (exact) mass is 293 g/mol. The minimum atomic E-state index is -0.651. The van der Waals surface area contributed by atoms with Gasteiger partial charge in [-0.2, -0.15) is 0 Å². The van der Waals surface area contributed by atoms with Gasteiger partial charge in [0, 0.05) is 5.56 Å². The lowest BCUT2D eigenvalue weighted by atomic mass is 10.1. The number of rotatable bonds is 8. The zero-order chi connectivity index (χ0) is 15.7. The van der Waals surface area contributed by atoms with Crippen LogP contribution < -0.4 is 5.32 Å². The molecule has 0 aliphatic heterocycles. The first kappa shape index (κ1) is 17.0. The predicted octanol–water partition coefficient (Wildman–Crippen LogP) is 2.63. The summed E-state index contributed by atoms with van der Waals surface area (Å²) in [6.07, 6.45) is 4.64. The van der Waals surface area contributed by atoms with Gasteiger partial charge in [-0.05, 0) is 24.6 Å². The molecule has 0 bridgehead atoms. The van der Waals surface area contributed by atoms with Gasteiger partial charge in [0.1, 0.15) is 11.8 Å². The molecule has 0 heterocycles. The summed E-state index contributed by atoms with van der Waals surface area (Å²) in [7, 11) is 1.31. The Balaban J connectivity index is 2.63. The van der Waals surface area contributed by atoms with Crippen LogP contribution in [0, 0.1) is 0 Å². The van der Waals surface area contributed by atoms with E-state index in [9.17, 15) is 14.7 Å². The number of hydrogen-bond donors (Lipinski definition) is 2. The highest BCUT2D eigenvalue weighted by Crippen LogP contribution is 2.12. The molecule has 0 saturated carbocycles. The molecule has 5 heteroatoms. The number of amides is 1. The summed E-state index contributed by atoms with van der Waals surface area (Å²) < 4.78 is 4.73. The summed E-state index contributed by atoms with van der Waals surface area (Å²) in [5.41, 5.74) is 0.317. The summed E-state index contributed by atoms with van der Waals surface area (Å²) in [6.45, 7) is 2.11. The van der Waals surface area contributed by atoms with Crippen LogP contribution in [0.1, 0.15) is 49.4 Å². The van der Waals surface area contributed by atoms with E-state index in [4.69, 9.17) is 4.74 Å². The maximum atomic E-state index is 12.1. The van der Waals surface area contributed by atoms with E-state index in [0.29, 0.717) is 12.0 Å². The summed E-state index contributed by atoms with van der Waals surface area (Å²) in [5.74, 6) is -0.822. The van der Waals surface area contributed by atoms with Gasteiger partial charge in [-0.3, -0.25) is 4.79 Å². The Labute approximate surface area is 125 Å². The first-order valence-corrected chi connectivity index (χ1v) is 7.26. The number of phenolic OH excluding ortho intramolecular Hbond substituents is 1. The first-order valence-electron chi connectivity index (χ1n) is 7.26. The number of esters is 1. The molecule has 1 aromatic rings. The van der Waals surface area contributed by atoms with E-state index in [1.807, 2.05) is 0 Å².